The number of hydrogen-bond donors (Lipinski definition) is 1. The van der Waals surface area contributed by atoms with Crippen LogP contribution in [0.1, 0.15) is 43.0 Å². The number of rotatable bonds is 11. The van der Waals surface area contributed by atoms with Crippen LogP contribution in [0.25, 0.3) is 0 Å². The molecule has 0 bridgehead atoms. The number of carbonyl (C=O) groups excluding carboxylic acids is 2. The number of halogens is 1. The topological polar surface area (TPSA) is 86.8 Å². The molecule has 7 nitrogen and oxygen atoms in total. The average Bonchev–Trinajstić information content (AvgIpc) is 2.98. The molecule has 0 aliphatic rings. The molecule has 0 unspecified atom stereocenters. The van der Waals surface area contributed by atoms with Gasteiger partial charge in [-0.1, -0.05) is 96.0 Å². The van der Waals surface area contributed by atoms with Gasteiger partial charge in [0.05, 0.1) is 15.6 Å². The molecule has 0 heterocycles. The van der Waals surface area contributed by atoms with Crippen LogP contribution in [0.2, 0.25) is 5.02 Å². The second kappa shape index (κ2) is 14.3. The molecule has 4 aromatic carbocycles. The lowest BCUT2D eigenvalue weighted by atomic mass is 10.00. The number of aryl methyl sites for hydroxylation is 2. The van der Waals surface area contributed by atoms with E-state index in [2.05, 4.69) is 5.32 Å². The lowest BCUT2D eigenvalue weighted by Gasteiger charge is -2.35. The molecule has 45 heavy (non-hydrogen) atoms. The van der Waals surface area contributed by atoms with E-state index in [9.17, 15) is 18.0 Å². The summed E-state index contributed by atoms with van der Waals surface area (Å²) >= 11 is 6.55. The van der Waals surface area contributed by atoms with E-state index in [1.807, 2.05) is 89.2 Å². The normalized spacial score (nSPS) is 12.3. The molecule has 0 aromatic heterocycles. The number of hydrogen-bond acceptors (Lipinski definition) is 4. The number of sulfonamides is 1. The van der Waals surface area contributed by atoms with Gasteiger partial charge in [0.1, 0.15) is 12.6 Å². The fourth-order valence-electron chi connectivity index (χ4n) is 4.98. The van der Waals surface area contributed by atoms with Crippen molar-refractivity contribution in [3.8, 4) is 0 Å². The van der Waals surface area contributed by atoms with Crippen molar-refractivity contribution in [2.24, 2.45) is 0 Å². The first-order valence-corrected chi connectivity index (χ1v) is 16.6. The summed E-state index contributed by atoms with van der Waals surface area (Å²) in [6, 6.07) is 29.1. The SMILES string of the molecule is Cc1ccc(S(=O)(=O)N(CC(=O)N(Cc2ccccc2C)[C@@H](Cc2ccccc2)C(=O)NC(C)(C)C)c2ccccc2Cl)cc1. The summed E-state index contributed by atoms with van der Waals surface area (Å²) in [5, 5.41) is 3.22. The molecule has 236 valence electrons. The third-order valence-corrected chi connectivity index (χ3v) is 9.47. The van der Waals surface area contributed by atoms with Crippen molar-refractivity contribution in [3.63, 3.8) is 0 Å². The van der Waals surface area contributed by atoms with Crippen LogP contribution in [0.3, 0.4) is 0 Å². The number of nitrogens with one attached hydrogen (secondary N) is 1. The molecular weight excluding hydrogens is 606 g/mol. The monoisotopic (exact) mass is 645 g/mol. The Labute approximate surface area is 271 Å². The molecule has 9 heteroatoms. The molecule has 0 aliphatic heterocycles. The predicted octanol–water partition coefficient (Wildman–Crippen LogP) is 6.71. The number of carbonyl (C=O) groups is 2. The Morgan fingerprint density at radius 2 is 1.42 bits per heavy atom. The van der Waals surface area contributed by atoms with E-state index in [-0.39, 0.29) is 34.5 Å². The molecule has 0 spiro atoms. The maximum absolute atomic E-state index is 14.6. The maximum atomic E-state index is 14.6. The fraction of sp³-hybridized carbons (Fsp3) is 0.278. The number of amides is 2. The van der Waals surface area contributed by atoms with Gasteiger partial charge in [-0.25, -0.2) is 8.42 Å². The summed E-state index contributed by atoms with van der Waals surface area (Å²) in [7, 11) is -4.24. The molecule has 4 aromatic rings. The third kappa shape index (κ3) is 8.74. The quantitative estimate of drug-likeness (QED) is 0.197. The molecule has 0 fully saturated rings. The standard InChI is InChI=1S/C36H40ClN3O4S/c1-26-19-21-30(22-20-26)45(43,44)40(32-18-12-11-17-31(32)37)25-34(41)39(24-29-16-10-9-13-27(29)2)33(35(42)38-36(3,4)5)23-28-14-7-6-8-15-28/h6-22,33H,23-25H2,1-5H3,(H,38,42)/t33-/m0/s1. The van der Waals surface area contributed by atoms with Crippen molar-refractivity contribution in [3.05, 3.63) is 130 Å². The van der Waals surface area contributed by atoms with Gasteiger partial charge in [-0.05, 0) is 75.6 Å². The predicted molar refractivity (Wildman–Crippen MR) is 181 cm³/mol. The van der Waals surface area contributed by atoms with Gasteiger partial charge in [0, 0.05) is 18.5 Å². The third-order valence-electron chi connectivity index (χ3n) is 7.38. The molecule has 4 rings (SSSR count). The maximum Gasteiger partial charge on any atom is 0.264 e. The van der Waals surface area contributed by atoms with Crippen LogP contribution < -0.4 is 9.62 Å². The highest BCUT2D eigenvalue weighted by Crippen LogP contribution is 2.31. The Morgan fingerprint density at radius 3 is 2.04 bits per heavy atom. The Kier molecular flexibility index (Phi) is 10.7. The molecule has 0 saturated carbocycles. The number of nitrogens with zero attached hydrogens (tertiary/aromatic N) is 2. The van der Waals surface area contributed by atoms with Crippen LogP contribution in [-0.2, 0) is 32.6 Å². The Balaban J connectivity index is 1.84. The first-order chi connectivity index (χ1) is 21.3. The van der Waals surface area contributed by atoms with Crippen molar-refractivity contribution >= 4 is 39.1 Å². The molecule has 2 amide bonds. The van der Waals surface area contributed by atoms with Crippen molar-refractivity contribution in [1.29, 1.82) is 0 Å². The number of para-hydroxylation sites is 1. The summed E-state index contributed by atoms with van der Waals surface area (Å²) in [6.07, 6.45) is 0.233. The highest BCUT2D eigenvalue weighted by molar-refractivity contribution is 7.92. The van der Waals surface area contributed by atoms with Crippen LogP contribution in [0, 0.1) is 13.8 Å². The molecule has 1 atom stereocenters. The Morgan fingerprint density at radius 1 is 0.822 bits per heavy atom. The number of anilines is 1. The summed E-state index contributed by atoms with van der Waals surface area (Å²) in [5.74, 6) is -0.877. The van der Waals surface area contributed by atoms with E-state index in [1.54, 1.807) is 36.4 Å². The van der Waals surface area contributed by atoms with E-state index in [1.165, 1.54) is 17.0 Å². The highest BCUT2D eigenvalue weighted by atomic mass is 35.5. The second-order valence-electron chi connectivity index (χ2n) is 12.2. The largest absolute Gasteiger partial charge is 0.350 e. The molecule has 0 radical (unpaired) electrons. The minimum atomic E-state index is -4.24. The Bertz CT molecular complexity index is 1740. The lowest BCUT2D eigenvalue weighted by molar-refractivity contribution is -0.140. The van der Waals surface area contributed by atoms with E-state index in [4.69, 9.17) is 11.6 Å². The molecular formula is C36H40ClN3O4S. The zero-order chi connectivity index (χ0) is 32.8. The zero-order valence-electron chi connectivity index (χ0n) is 26.3. The Hall–Kier alpha value is -4.14. The van der Waals surface area contributed by atoms with E-state index >= 15 is 0 Å². The second-order valence-corrected chi connectivity index (χ2v) is 14.4. The smallest absolute Gasteiger partial charge is 0.264 e. The minimum Gasteiger partial charge on any atom is -0.350 e. The van der Waals surface area contributed by atoms with Gasteiger partial charge in [-0.3, -0.25) is 13.9 Å². The summed E-state index contributed by atoms with van der Waals surface area (Å²) in [4.78, 5) is 30.1. The van der Waals surface area contributed by atoms with Gasteiger partial charge in [0.2, 0.25) is 11.8 Å². The van der Waals surface area contributed by atoms with Crippen LogP contribution in [0.5, 0.6) is 0 Å². The molecule has 0 aliphatic carbocycles. The van der Waals surface area contributed by atoms with Crippen molar-refractivity contribution < 1.29 is 18.0 Å². The van der Waals surface area contributed by atoms with E-state index in [0.717, 1.165) is 26.6 Å². The average molecular weight is 646 g/mol. The van der Waals surface area contributed by atoms with E-state index in [0.29, 0.717) is 0 Å². The summed E-state index contributed by atoms with van der Waals surface area (Å²) < 4.78 is 29.4. The summed E-state index contributed by atoms with van der Waals surface area (Å²) in [6.45, 7) is 8.98. The fourth-order valence-corrected chi connectivity index (χ4v) is 6.70. The highest BCUT2D eigenvalue weighted by Gasteiger charge is 2.36. The van der Waals surface area contributed by atoms with Crippen LogP contribution >= 0.6 is 11.6 Å². The van der Waals surface area contributed by atoms with Crippen LogP contribution in [0.15, 0.2) is 108 Å². The minimum absolute atomic E-state index is 0.0255. The van der Waals surface area contributed by atoms with Gasteiger partial charge in [0.15, 0.2) is 0 Å². The van der Waals surface area contributed by atoms with Crippen molar-refractivity contribution in [2.45, 2.75) is 64.1 Å². The summed E-state index contributed by atoms with van der Waals surface area (Å²) in [5.41, 5.74) is 3.15. The number of benzene rings is 4. The van der Waals surface area contributed by atoms with Gasteiger partial charge in [-0.15, -0.1) is 0 Å². The molecule has 0 saturated heterocycles. The molecule has 1 N–H and O–H groups in total. The first kappa shape index (κ1) is 33.7. The van der Waals surface area contributed by atoms with Crippen LogP contribution in [-0.4, -0.2) is 43.3 Å². The van der Waals surface area contributed by atoms with Crippen molar-refractivity contribution in [2.75, 3.05) is 10.8 Å². The zero-order valence-corrected chi connectivity index (χ0v) is 27.9. The van der Waals surface area contributed by atoms with Crippen LogP contribution in [0.4, 0.5) is 5.69 Å². The first-order valence-electron chi connectivity index (χ1n) is 14.8. The lowest BCUT2D eigenvalue weighted by Crippen LogP contribution is -2.56. The van der Waals surface area contributed by atoms with Gasteiger partial charge in [-0.2, -0.15) is 0 Å². The van der Waals surface area contributed by atoms with Crippen molar-refractivity contribution in [1.82, 2.24) is 10.2 Å². The van der Waals surface area contributed by atoms with Gasteiger partial charge < -0.3 is 10.2 Å². The van der Waals surface area contributed by atoms with Gasteiger partial charge >= 0.3 is 0 Å². The van der Waals surface area contributed by atoms with Gasteiger partial charge in [0.25, 0.3) is 10.0 Å². The van der Waals surface area contributed by atoms with E-state index < -0.39 is 34.1 Å².